The summed E-state index contributed by atoms with van der Waals surface area (Å²) in [6, 6.07) is 10.6. The van der Waals surface area contributed by atoms with Gasteiger partial charge in [-0.3, -0.25) is 0 Å². The number of phenols is 1. The average molecular weight is 410 g/mol. The van der Waals surface area contributed by atoms with E-state index in [0.29, 0.717) is 5.30 Å². The van der Waals surface area contributed by atoms with E-state index in [1.807, 2.05) is 32.0 Å². The molecule has 20 heavy (non-hydrogen) atoms. The fourth-order valence-corrected chi connectivity index (χ4v) is 2.78. The summed E-state index contributed by atoms with van der Waals surface area (Å²) in [5.41, 5.74) is 1.97. The molecular formula is C14H14Cl2FOPZr. The number of rotatable bonds is 2. The number of aryl methyl sites for hydroxylation is 2. The third kappa shape index (κ3) is 5.82. The minimum absolute atomic E-state index is 0.142. The SMILES string of the molecule is Cc1ccc(Pc2cc(C)ccc2O)c(F)c1.[Cl][Zr][Cl]. The maximum absolute atomic E-state index is 13.7. The Bertz CT molecular complexity index is 581. The predicted molar refractivity (Wildman–Crippen MR) is 83.3 cm³/mol. The quantitative estimate of drug-likeness (QED) is 0.738. The van der Waals surface area contributed by atoms with Crippen LogP contribution in [0.2, 0.25) is 0 Å². The predicted octanol–water partition coefficient (Wildman–Crippen LogP) is 4.15. The third-order valence-electron chi connectivity index (χ3n) is 2.55. The van der Waals surface area contributed by atoms with Gasteiger partial charge in [-0.15, -0.1) is 0 Å². The topological polar surface area (TPSA) is 20.2 Å². The van der Waals surface area contributed by atoms with Gasteiger partial charge >= 0.3 is 37.9 Å². The van der Waals surface area contributed by atoms with Crippen LogP contribution in [-0.4, -0.2) is 5.11 Å². The first-order valence-corrected chi connectivity index (χ1v) is 13.1. The van der Waals surface area contributed by atoms with Crippen molar-refractivity contribution in [1.29, 1.82) is 0 Å². The van der Waals surface area contributed by atoms with E-state index in [9.17, 15) is 9.50 Å². The van der Waals surface area contributed by atoms with Gasteiger partial charge in [0.15, 0.2) is 0 Å². The second-order valence-electron chi connectivity index (χ2n) is 4.20. The first-order chi connectivity index (χ1) is 9.47. The zero-order chi connectivity index (χ0) is 15.1. The van der Waals surface area contributed by atoms with Crippen molar-refractivity contribution in [3.05, 3.63) is 53.3 Å². The van der Waals surface area contributed by atoms with Crippen LogP contribution in [0.4, 0.5) is 4.39 Å². The number of aromatic hydroxyl groups is 1. The molecule has 0 radical (unpaired) electrons. The zero-order valence-electron chi connectivity index (χ0n) is 11.0. The molecule has 0 spiro atoms. The summed E-state index contributed by atoms with van der Waals surface area (Å²) < 4.78 is 13.7. The van der Waals surface area contributed by atoms with Gasteiger partial charge in [-0.05, 0) is 37.6 Å². The molecule has 0 fully saturated rings. The molecule has 1 atom stereocenters. The van der Waals surface area contributed by atoms with E-state index in [0.717, 1.165) is 16.4 Å². The van der Waals surface area contributed by atoms with Gasteiger partial charge in [0.1, 0.15) is 11.6 Å². The Balaban J connectivity index is 0.000000612. The molecule has 0 aliphatic carbocycles. The molecule has 2 aromatic carbocycles. The van der Waals surface area contributed by atoms with Crippen LogP contribution in [0.25, 0.3) is 0 Å². The molecule has 0 heterocycles. The molecule has 6 heteroatoms. The normalized spacial score (nSPS) is 10.2. The molecule has 0 bridgehead atoms. The van der Waals surface area contributed by atoms with Crippen molar-refractivity contribution in [3.63, 3.8) is 0 Å². The standard InChI is InChI=1S/C14H14FOP.2ClH.Zr/c1-9-4-6-13(11(15)7-9)17-14-8-10(2)3-5-12(14)16;;;/h3-8,16-17H,1-2H3;2*1H;/q;;;+2/p-2. The van der Waals surface area contributed by atoms with E-state index in [4.69, 9.17) is 17.0 Å². The van der Waals surface area contributed by atoms with Crippen LogP contribution in [0, 0.1) is 19.7 Å². The minimum atomic E-state index is -0.826. The number of hydrogen-bond acceptors (Lipinski definition) is 1. The molecule has 0 aliphatic heterocycles. The Morgan fingerprint density at radius 3 is 2.15 bits per heavy atom. The molecule has 106 valence electrons. The van der Waals surface area contributed by atoms with E-state index in [1.165, 1.54) is 6.07 Å². The van der Waals surface area contributed by atoms with Crippen molar-refractivity contribution in [3.8, 4) is 5.75 Å². The van der Waals surface area contributed by atoms with Crippen molar-refractivity contribution in [2.45, 2.75) is 13.8 Å². The van der Waals surface area contributed by atoms with Gasteiger partial charge in [0.05, 0.1) is 0 Å². The summed E-state index contributed by atoms with van der Waals surface area (Å²) in [6.07, 6.45) is 0. The second kappa shape index (κ2) is 9.16. The van der Waals surface area contributed by atoms with Gasteiger partial charge in [0, 0.05) is 10.6 Å². The van der Waals surface area contributed by atoms with E-state index in [1.54, 1.807) is 12.1 Å². The summed E-state index contributed by atoms with van der Waals surface area (Å²) in [7, 11) is 10.0. The molecule has 1 unspecified atom stereocenters. The van der Waals surface area contributed by atoms with Crippen LogP contribution in [0.3, 0.4) is 0 Å². The van der Waals surface area contributed by atoms with Crippen LogP contribution >= 0.6 is 25.6 Å². The number of hydrogen-bond donors (Lipinski definition) is 1. The van der Waals surface area contributed by atoms with Gasteiger partial charge in [-0.1, -0.05) is 32.3 Å². The summed E-state index contributed by atoms with van der Waals surface area (Å²) in [4.78, 5) is 0. The summed E-state index contributed by atoms with van der Waals surface area (Å²) >= 11 is -0.826. The first kappa shape index (κ1) is 18.1. The first-order valence-electron chi connectivity index (χ1n) is 5.77. The molecule has 0 aromatic heterocycles. The van der Waals surface area contributed by atoms with Gasteiger partial charge in [-0.2, -0.15) is 0 Å². The van der Waals surface area contributed by atoms with E-state index in [2.05, 4.69) is 0 Å². The molecule has 0 saturated heterocycles. The van der Waals surface area contributed by atoms with Crippen molar-refractivity contribution in [2.75, 3.05) is 0 Å². The molecule has 0 aliphatic rings. The van der Waals surface area contributed by atoms with Gasteiger partial charge < -0.3 is 5.11 Å². The Kier molecular flexibility index (Phi) is 8.29. The Hall–Kier alpha value is 0.0631. The third-order valence-corrected chi connectivity index (χ3v) is 3.89. The fraction of sp³-hybridized carbons (Fsp3) is 0.143. The van der Waals surface area contributed by atoms with Crippen LogP contribution in [0.1, 0.15) is 11.1 Å². The molecule has 0 amide bonds. The molecule has 2 aromatic rings. The van der Waals surface area contributed by atoms with Gasteiger partial charge in [0.25, 0.3) is 0 Å². The van der Waals surface area contributed by atoms with Crippen molar-refractivity contribution in [1.82, 2.24) is 0 Å². The van der Waals surface area contributed by atoms with Crippen LogP contribution in [0.5, 0.6) is 5.75 Å². The molecule has 0 saturated carbocycles. The van der Waals surface area contributed by atoms with E-state index in [-0.39, 0.29) is 20.1 Å². The van der Waals surface area contributed by atoms with E-state index < -0.39 is 20.8 Å². The van der Waals surface area contributed by atoms with Crippen molar-refractivity contribution < 1.29 is 30.3 Å². The average Bonchev–Trinajstić information content (AvgIpc) is 2.38. The summed E-state index contributed by atoms with van der Waals surface area (Å²) in [5, 5.41) is 11.1. The van der Waals surface area contributed by atoms with Gasteiger partial charge in [-0.25, -0.2) is 4.39 Å². The second-order valence-corrected chi connectivity index (χ2v) is 9.26. The van der Waals surface area contributed by atoms with E-state index >= 15 is 0 Å². The summed E-state index contributed by atoms with van der Waals surface area (Å²) in [6.45, 7) is 3.82. The Morgan fingerprint density at radius 1 is 1.00 bits per heavy atom. The monoisotopic (exact) mass is 408 g/mol. The van der Waals surface area contributed by atoms with Crippen molar-refractivity contribution in [2.24, 2.45) is 0 Å². The molecular weight excluding hydrogens is 396 g/mol. The number of phenolic OH excluding ortho intramolecular Hbond substituents is 1. The van der Waals surface area contributed by atoms with Gasteiger partial charge in [0.2, 0.25) is 0 Å². The Labute approximate surface area is 139 Å². The van der Waals surface area contributed by atoms with Crippen molar-refractivity contribution >= 4 is 36.2 Å². The summed E-state index contributed by atoms with van der Waals surface area (Å²) in [5.74, 6) is 0.0261. The van der Waals surface area contributed by atoms with Crippen LogP contribution in [0.15, 0.2) is 36.4 Å². The van der Waals surface area contributed by atoms with Crippen LogP contribution in [-0.2, 0) is 20.8 Å². The zero-order valence-corrected chi connectivity index (χ0v) is 16.0. The molecule has 1 nitrogen and oxygen atoms in total. The molecule has 2 rings (SSSR count). The van der Waals surface area contributed by atoms with Crippen LogP contribution < -0.4 is 10.6 Å². The maximum atomic E-state index is 13.7. The number of halogens is 3. The number of benzene rings is 2. The fourth-order valence-electron chi connectivity index (χ4n) is 1.62. The Morgan fingerprint density at radius 2 is 1.55 bits per heavy atom. The molecule has 1 N–H and O–H groups in total.